The number of esters is 1. The molecule has 104 valence electrons. The van der Waals surface area contributed by atoms with E-state index in [1.165, 1.54) is 19.3 Å². The first kappa shape index (κ1) is 14.2. The quantitative estimate of drug-likeness (QED) is 0.798. The van der Waals surface area contributed by atoms with Gasteiger partial charge >= 0.3 is 5.97 Å². The molecule has 0 amide bonds. The number of hydrogen-bond donors (Lipinski definition) is 1. The first-order valence-electron chi connectivity index (χ1n) is 7.28. The molecular formula is C14H25NO2S. The molecule has 1 aliphatic carbocycles. The van der Waals surface area contributed by atoms with Crippen molar-refractivity contribution in [1.82, 2.24) is 5.32 Å². The van der Waals surface area contributed by atoms with E-state index >= 15 is 0 Å². The van der Waals surface area contributed by atoms with Crippen LogP contribution in [0.4, 0.5) is 0 Å². The molecule has 1 N–H and O–H groups in total. The molecule has 0 aromatic rings. The van der Waals surface area contributed by atoms with Gasteiger partial charge in [-0.15, -0.1) is 0 Å². The van der Waals surface area contributed by atoms with Crippen LogP contribution in [0.25, 0.3) is 0 Å². The number of carbonyl (C=O) groups is 1. The van der Waals surface area contributed by atoms with Crippen molar-refractivity contribution in [3.05, 3.63) is 0 Å². The molecule has 3 atom stereocenters. The van der Waals surface area contributed by atoms with Crippen LogP contribution in [0, 0.1) is 5.92 Å². The Morgan fingerprint density at radius 2 is 2.33 bits per heavy atom. The van der Waals surface area contributed by atoms with Crippen molar-refractivity contribution in [3.63, 3.8) is 0 Å². The summed E-state index contributed by atoms with van der Waals surface area (Å²) in [6, 6.07) is 0.321. The molecule has 2 aliphatic rings. The molecule has 0 bridgehead atoms. The Hall–Kier alpha value is -0.220. The van der Waals surface area contributed by atoms with Gasteiger partial charge in [0.25, 0.3) is 0 Å². The maximum Gasteiger partial charge on any atom is 0.307 e. The zero-order chi connectivity index (χ0) is 12.8. The summed E-state index contributed by atoms with van der Waals surface area (Å²) in [5.74, 6) is 2.96. The van der Waals surface area contributed by atoms with E-state index in [-0.39, 0.29) is 12.1 Å². The van der Waals surface area contributed by atoms with Gasteiger partial charge in [-0.25, -0.2) is 0 Å². The number of hydrogen-bond acceptors (Lipinski definition) is 4. The molecule has 0 aromatic heterocycles. The average molecular weight is 271 g/mol. The van der Waals surface area contributed by atoms with Gasteiger partial charge in [-0.1, -0.05) is 19.8 Å². The van der Waals surface area contributed by atoms with E-state index < -0.39 is 0 Å². The summed E-state index contributed by atoms with van der Waals surface area (Å²) in [5.41, 5.74) is 0. The third kappa shape index (κ3) is 4.47. The van der Waals surface area contributed by atoms with E-state index in [0.29, 0.717) is 12.5 Å². The third-order valence-electron chi connectivity index (χ3n) is 4.02. The number of ether oxygens (including phenoxy) is 1. The van der Waals surface area contributed by atoms with Gasteiger partial charge < -0.3 is 10.1 Å². The molecule has 2 rings (SSSR count). The molecule has 3 nitrogen and oxygen atoms in total. The van der Waals surface area contributed by atoms with Crippen LogP contribution in [-0.4, -0.2) is 36.2 Å². The van der Waals surface area contributed by atoms with Crippen LogP contribution in [-0.2, 0) is 9.53 Å². The second-order valence-electron chi connectivity index (χ2n) is 5.48. The zero-order valence-electron chi connectivity index (χ0n) is 11.3. The van der Waals surface area contributed by atoms with E-state index in [9.17, 15) is 4.79 Å². The minimum absolute atomic E-state index is 0.00301. The van der Waals surface area contributed by atoms with Crippen molar-refractivity contribution in [3.8, 4) is 0 Å². The highest BCUT2D eigenvalue weighted by atomic mass is 32.2. The lowest BCUT2D eigenvalue weighted by Gasteiger charge is -2.29. The molecule has 1 aliphatic heterocycles. The largest absolute Gasteiger partial charge is 0.462 e. The highest BCUT2D eigenvalue weighted by Crippen LogP contribution is 2.28. The predicted molar refractivity (Wildman–Crippen MR) is 75.9 cm³/mol. The van der Waals surface area contributed by atoms with Gasteiger partial charge in [0.05, 0.1) is 6.42 Å². The molecule has 0 radical (unpaired) electrons. The van der Waals surface area contributed by atoms with Crippen molar-refractivity contribution in [2.24, 2.45) is 5.92 Å². The fourth-order valence-corrected chi connectivity index (χ4v) is 3.85. The molecule has 18 heavy (non-hydrogen) atoms. The zero-order valence-corrected chi connectivity index (χ0v) is 12.1. The first-order valence-corrected chi connectivity index (χ1v) is 8.44. The van der Waals surface area contributed by atoms with Crippen LogP contribution < -0.4 is 5.32 Å². The van der Waals surface area contributed by atoms with Crippen molar-refractivity contribution >= 4 is 17.7 Å². The third-order valence-corrected chi connectivity index (χ3v) is 5.15. The Morgan fingerprint density at radius 1 is 1.44 bits per heavy atom. The van der Waals surface area contributed by atoms with E-state index in [2.05, 4.69) is 12.2 Å². The lowest BCUT2D eigenvalue weighted by Crippen LogP contribution is -2.39. The summed E-state index contributed by atoms with van der Waals surface area (Å²) < 4.78 is 5.64. The Labute approximate surface area is 114 Å². The Balaban J connectivity index is 1.69. The summed E-state index contributed by atoms with van der Waals surface area (Å²) in [6.45, 7) is 3.25. The fourth-order valence-electron chi connectivity index (χ4n) is 2.91. The second kappa shape index (κ2) is 7.39. The predicted octanol–water partition coefficient (Wildman–Crippen LogP) is 2.59. The molecule has 2 fully saturated rings. The van der Waals surface area contributed by atoms with Crippen molar-refractivity contribution in [2.75, 3.05) is 18.1 Å². The number of nitrogens with one attached hydrogen (secondary N) is 1. The van der Waals surface area contributed by atoms with Crippen molar-refractivity contribution in [2.45, 2.75) is 57.6 Å². The Bertz CT molecular complexity index is 267. The van der Waals surface area contributed by atoms with Gasteiger partial charge in [-0.2, -0.15) is 11.8 Å². The van der Waals surface area contributed by atoms with E-state index in [1.807, 2.05) is 11.8 Å². The lowest BCUT2D eigenvalue weighted by molar-refractivity contribution is -0.151. The second-order valence-corrected chi connectivity index (χ2v) is 6.63. The normalized spacial score (nSPS) is 33.1. The van der Waals surface area contributed by atoms with Gasteiger partial charge in [-0.05, 0) is 25.2 Å². The van der Waals surface area contributed by atoms with Crippen molar-refractivity contribution < 1.29 is 9.53 Å². The molecule has 4 heteroatoms. The number of thioether (sulfide) groups is 1. The minimum atomic E-state index is -0.00301. The van der Waals surface area contributed by atoms with Gasteiger partial charge in [0.1, 0.15) is 6.10 Å². The maximum atomic E-state index is 11.9. The Kier molecular flexibility index (Phi) is 5.83. The van der Waals surface area contributed by atoms with Crippen LogP contribution in [0.2, 0.25) is 0 Å². The van der Waals surface area contributed by atoms with Crippen LogP contribution in [0.15, 0.2) is 0 Å². The van der Waals surface area contributed by atoms with Crippen LogP contribution >= 0.6 is 11.8 Å². The summed E-state index contributed by atoms with van der Waals surface area (Å²) >= 11 is 1.92. The van der Waals surface area contributed by atoms with Gasteiger partial charge in [0.15, 0.2) is 0 Å². The monoisotopic (exact) mass is 271 g/mol. The van der Waals surface area contributed by atoms with E-state index in [4.69, 9.17) is 4.74 Å². The first-order chi connectivity index (χ1) is 8.78. The highest BCUT2D eigenvalue weighted by molar-refractivity contribution is 7.99. The maximum absolute atomic E-state index is 11.9. The van der Waals surface area contributed by atoms with Gasteiger partial charge in [0, 0.05) is 24.1 Å². The fraction of sp³-hybridized carbons (Fsp3) is 0.929. The molecule has 1 saturated carbocycles. The number of carbonyl (C=O) groups excluding carboxylic acids is 1. The van der Waals surface area contributed by atoms with E-state index in [0.717, 1.165) is 36.8 Å². The van der Waals surface area contributed by atoms with Crippen LogP contribution in [0.1, 0.15) is 45.4 Å². The molecule has 1 heterocycles. The summed E-state index contributed by atoms with van der Waals surface area (Å²) in [4.78, 5) is 11.9. The lowest BCUT2D eigenvalue weighted by atomic mass is 9.85. The SMILES string of the molecule is CCC1CCCC(OC(=O)CC2CSCCN2)C1. The van der Waals surface area contributed by atoms with Gasteiger partial charge in [-0.3, -0.25) is 4.79 Å². The summed E-state index contributed by atoms with van der Waals surface area (Å²) in [7, 11) is 0. The van der Waals surface area contributed by atoms with Crippen LogP contribution in [0.5, 0.6) is 0 Å². The standard InChI is InChI=1S/C14H25NO2S/c1-2-11-4-3-5-13(8-11)17-14(16)9-12-10-18-7-6-15-12/h11-13,15H,2-10H2,1H3. The number of rotatable bonds is 4. The van der Waals surface area contributed by atoms with Gasteiger partial charge in [0.2, 0.25) is 0 Å². The molecule has 0 aromatic carbocycles. The molecular weight excluding hydrogens is 246 g/mol. The summed E-state index contributed by atoms with van der Waals surface area (Å²) in [6.07, 6.45) is 6.62. The molecule has 1 saturated heterocycles. The Morgan fingerprint density at radius 3 is 3.06 bits per heavy atom. The molecule has 3 unspecified atom stereocenters. The van der Waals surface area contributed by atoms with Crippen LogP contribution in [0.3, 0.4) is 0 Å². The van der Waals surface area contributed by atoms with Crippen molar-refractivity contribution in [1.29, 1.82) is 0 Å². The molecule has 0 spiro atoms. The van der Waals surface area contributed by atoms with E-state index in [1.54, 1.807) is 0 Å². The topological polar surface area (TPSA) is 38.3 Å². The smallest absolute Gasteiger partial charge is 0.307 e. The average Bonchev–Trinajstić information content (AvgIpc) is 2.40. The highest BCUT2D eigenvalue weighted by Gasteiger charge is 2.25. The summed E-state index contributed by atoms with van der Waals surface area (Å²) in [5, 5.41) is 3.39. The minimum Gasteiger partial charge on any atom is -0.462 e.